The molecule has 4 nitrogen and oxygen atoms in total. The summed E-state index contributed by atoms with van der Waals surface area (Å²) in [5, 5.41) is 4.51. The molecule has 0 aliphatic carbocycles. The summed E-state index contributed by atoms with van der Waals surface area (Å²) in [6, 6.07) is 6.32. The van der Waals surface area contributed by atoms with Crippen molar-refractivity contribution in [1.82, 2.24) is 15.2 Å². The normalized spacial score (nSPS) is 19.6. The van der Waals surface area contributed by atoms with Crippen molar-refractivity contribution in [1.29, 1.82) is 0 Å². The van der Waals surface area contributed by atoms with Crippen LogP contribution in [0.3, 0.4) is 0 Å². The van der Waals surface area contributed by atoms with Crippen molar-refractivity contribution in [3.05, 3.63) is 35.0 Å². The van der Waals surface area contributed by atoms with Gasteiger partial charge in [0.15, 0.2) is 0 Å². The molecular formula is C16H21N3O. The van der Waals surface area contributed by atoms with Gasteiger partial charge in [0.2, 0.25) is 0 Å². The van der Waals surface area contributed by atoms with E-state index < -0.39 is 0 Å². The minimum Gasteiger partial charge on any atom is -0.358 e. The smallest absolute Gasteiger partial charge is 0.253 e. The molecule has 1 aromatic heterocycles. The summed E-state index contributed by atoms with van der Waals surface area (Å²) in [6.45, 7) is 8.71. The highest BCUT2D eigenvalue weighted by Crippen LogP contribution is 2.23. The van der Waals surface area contributed by atoms with Crippen LogP contribution in [0.15, 0.2) is 18.2 Å². The number of hydrogen-bond donors (Lipinski definition) is 2. The van der Waals surface area contributed by atoms with Gasteiger partial charge in [0.25, 0.3) is 5.91 Å². The lowest BCUT2D eigenvalue weighted by Crippen LogP contribution is -2.51. The van der Waals surface area contributed by atoms with Crippen LogP contribution in [0.25, 0.3) is 10.9 Å². The SMILES string of the molecule is Cc1[nH]c2ccc(C(=O)N3CCN[C@H](C)C3)cc2c1C. The molecule has 0 radical (unpaired) electrons. The summed E-state index contributed by atoms with van der Waals surface area (Å²) in [5.74, 6) is 0.138. The predicted octanol–water partition coefficient (Wildman–Crippen LogP) is 2.22. The van der Waals surface area contributed by atoms with Crippen molar-refractivity contribution in [2.45, 2.75) is 26.8 Å². The van der Waals surface area contributed by atoms with E-state index in [0.29, 0.717) is 6.04 Å². The second-order valence-electron chi connectivity index (χ2n) is 5.74. The molecule has 106 valence electrons. The summed E-state index contributed by atoms with van der Waals surface area (Å²) in [5.41, 5.74) is 4.28. The maximum atomic E-state index is 12.6. The van der Waals surface area contributed by atoms with E-state index in [0.717, 1.165) is 36.1 Å². The lowest BCUT2D eigenvalue weighted by molar-refractivity contribution is 0.0709. The first kappa shape index (κ1) is 13.2. The van der Waals surface area contributed by atoms with E-state index in [1.807, 2.05) is 23.1 Å². The Morgan fingerprint density at radius 1 is 1.35 bits per heavy atom. The molecule has 1 amide bonds. The summed E-state index contributed by atoms with van der Waals surface area (Å²) in [4.78, 5) is 17.9. The molecule has 1 saturated heterocycles. The quantitative estimate of drug-likeness (QED) is 0.835. The molecule has 2 aromatic rings. The number of carbonyl (C=O) groups is 1. The molecule has 1 fully saturated rings. The third-order valence-electron chi connectivity index (χ3n) is 4.21. The van der Waals surface area contributed by atoms with Crippen molar-refractivity contribution >= 4 is 16.8 Å². The minimum atomic E-state index is 0.138. The number of aromatic nitrogens is 1. The number of aromatic amines is 1. The molecule has 1 aliphatic rings. The van der Waals surface area contributed by atoms with E-state index in [1.165, 1.54) is 11.3 Å². The number of nitrogens with one attached hydrogen (secondary N) is 2. The van der Waals surface area contributed by atoms with Crippen LogP contribution in [-0.2, 0) is 0 Å². The highest BCUT2D eigenvalue weighted by Gasteiger charge is 2.22. The molecule has 0 saturated carbocycles. The number of benzene rings is 1. The zero-order valence-electron chi connectivity index (χ0n) is 12.3. The van der Waals surface area contributed by atoms with E-state index in [2.05, 4.69) is 31.1 Å². The maximum absolute atomic E-state index is 12.6. The summed E-state index contributed by atoms with van der Waals surface area (Å²) >= 11 is 0. The Morgan fingerprint density at radius 2 is 2.15 bits per heavy atom. The van der Waals surface area contributed by atoms with Crippen LogP contribution in [0.1, 0.15) is 28.5 Å². The van der Waals surface area contributed by atoms with Crippen molar-refractivity contribution in [3.63, 3.8) is 0 Å². The second-order valence-corrected chi connectivity index (χ2v) is 5.74. The number of nitrogens with zero attached hydrogens (tertiary/aromatic N) is 1. The highest BCUT2D eigenvalue weighted by atomic mass is 16.2. The third kappa shape index (κ3) is 2.20. The molecule has 1 aromatic carbocycles. The molecule has 1 aliphatic heterocycles. The van der Waals surface area contributed by atoms with Crippen LogP contribution in [0.5, 0.6) is 0 Å². The zero-order chi connectivity index (χ0) is 14.3. The van der Waals surface area contributed by atoms with Gasteiger partial charge in [0.05, 0.1) is 0 Å². The monoisotopic (exact) mass is 271 g/mol. The Bertz CT molecular complexity index is 659. The molecule has 3 rings (SSSR count). The molecule has 20 heavy (non-hydrogen) atoms. The number of hydrogen-bond acceptors (Lipinski definition) is 2. The average Bonchev–Trinajstić information content (AvgIpc) is 2.73. The third-order valence-corrected chi connectivity index (χ3v) is 4.21. The summed E-state index contributed by atoms with van der Waals surface area (Å²) in [6.07, 6.45) is 0. The van der Waals surface area contributed by atoms with Crippen molar-refractivity contribution < 1.29 is 4.79 Å². The minimum absolute atomic E-state index is 0.138. The van der Waals surface area contributed by atoms with Gasteiger partial charge in [-0.2, -0.15) is 0 Å². The van der Waals surface area contributed by atoms with Gasteiger partial charge in [-0.25, -0.2) is 0 Å². The van der Waals surface area contributed by atoms with Gasteiger partial charge in [-0.1, -0.05) is 0 Å². The van der Waals surface area contributed by atoms with Crippen molar-refractivity contribution in [2.75, 3.05) is 19.6 Å². The second kappa shape index (κ2) is 4.94. The molecule has 2 heterocycles. The van der Waals surface area contributed by atoms with Gasteiger partial charge in [0, 0.05) is 47.8 Å². The largest absolute Gasteiger partial charge is 0.358 e. The van der Waals surface area contributed by atoms with Crippen molar-refractivity contribution in [3.8, 4) is 0 Å². The molecular weight excluding hydrogens is 250 g/mol. The van der Waals surface area contributed by atoms with Gasteiger partial charge < -0.3 is 15.2 Å². The number of carbonyl (C=O) groups excluding carboxylic acids is 1. The zero-order valence-corrected chi connectivity index (χ0v) is 12.3. The van der Waals surface area contributed by atoms with Crippen LogP contribution in [0.4, 0.5) is 0 Å². The highest BCUT2D eigenvalue weighted by molar-refractivity contribution is 5.99. The van der Waals surface area contributed by atoms with Gasteiger partial charge in [-0.15, -0.1) is 0 Å². The Hall–Kier alpha value is -1.81. The number of H-pyrrole nitrogens is 1. The molecule has 1 atom stereocenters. The Morgan fingerprint density at radius 3 is 2.90 bits per heavy atom. The van der Waals surface area contributed by atoms with E-state index in [9.17, 15) is 4.79 Å². The average molecular weight is 271 g/mol. The Labute approximate surface area is 119 Å². The van der Waals surface area contributed by atoms with Crippen LogP contribution < -0.4 is 5.32 Å². The fraction of sp³-hybridized carbons (Fsp3) is 0.438. The van der Waals surface area contributed by atoms with Gasteiger partial charge in [-0.05, 0) is 44.5 Å². The first-order valence-electron chi connectivity index (χ1n) is 7.18. The van der Waals surface area contributed by atoms with Gasteiger partial charge in [0.1, 0.15) is 0 Å². The van der Waals surface area contributed by atoms with Gasteiger partial charge in [-0.3, -0.25) is 4.79 Å². The first-order valence-corrected chi connectivity index (χ1v) is 7.18. The van der Waals surface area contributed by atoms with E-state index in [1.54, 1.807) is 0 Å². The topological polar surface area (TPSA) is 48.1 Å². The summed E-state index contributed by atoms with van der Waals surface area (Å²) in [7, 11) is 0. The number of rotatable bonds is 1. The molecule has 0 unspecified atom stereocenters. The first-order chi connectivity index (χ1) is 9.56. The van der Waals surface area contributed by atoms with Crippen LogP contribution in [0.2, 0.25) is 0 Å². The van der Waals surface area contributed by atoms with E-state index in [-0.39, 0.29) is 5.91 Å². The number of fused-ring (bicyclic) bond motifs is 1. The lowest BCUT2D eigenvalue weighted by atomic mass is 10.1. The van der Waals surface area contributed by atoms with E-state index >= 15 is 0 Å². The van der Waals surface area contributed by atoms with Crippen LogP contribution in [-0.4, -0.2) is 41.5 Å². The molecule has 0 bridgehead atoms. The summed E-state index contributed by atoms with van der Waals surface area (Å²) < 4.78 is 0. The maximum Gasteiger partial charge on any atom is 0.253 e. The van der Waals surface area contributed by atoms with Gasteiger partial charge >= 0.3 is 0 Å². The molecule has 4 heteroatoms. The van der Waals surface area contributed by atoms with Crippen LogP contribution in [0, 0.1) is 13.8 Å². The molecule has 0 spiro atoms. The fourth-order valence-corrected chi connectivity index (χ4v) is 2.89. The molecule has 2 N–H and O–H groups in total. The van der Waals surface area contributed by atoms with Crippen molar-refractivity contribution in [2.24, 2.45) is 0 Å². The lowest BCUT2D eigenvalue weighted by Gasteiger charge is -2.32. The Kier molecular flexibility index (Phi) is 3.26. The fourth-order valence-electron chi connectivity index (χ4n) is 2.89. The van der Waals surface area contributed by atoms with E-state index in [4.69, 9.17) is 0 Å². The predicted molar refractivity (Wildman–Crippen MR) is 81.1 cm³/mol. The number of aryl methyl sites for hydroxylation is 2. The Balaban J connectivity index is 1.93. The number of amides is 1. The standard InChI is InChI=1S/C16H21N3O/c1-10-9-19(7-6-17-10)16(20)13-4-5-15-14(8-13)11(2)12(3)18-15/h4-5,8,10,17-18H,6-7,9H2,1-3H3/t10-/m1/s1. The number of piperazine rings is 1. The van der Waals surface area contributed by atoms with Crippen LogP contribution >= 0.6 is 0 Å².